The Bertz CT molecular complexity index is 908. The monoisotopic (exact) mass is 390 g/mol. The summed E-state index contributed by atoms with van der Waals surface area (Å²) in [7, 11) is 2.12. The fraction of sp³-hybridized carbons (Fsp3) is 0.250. The number of allylic oxidation sites excluding steroid dienone is 1. The quantitative estimate of drug-likeness (QED) is 0.582. The number of nitrogens with zero attached hydrogens (tertiary/aromatic N) is 2. The summed E-state index contributed by atoms with van der Waals surface area (Å²) in [4.78, 5) is 28.3. The first-order valence-electron chi connectivity index (χ1n) is 9.73. The fourth-order valence-electron chi connectivity index (χ4n) is 3.15. The lowest BCUT2D eigenvalue weighted by molar-refractivity contribution is -0.117. The number of aliphatic hydroxyl groups excluding tert-OH is 1. The summed E-state index contributed by atoms with van der Waals surface area (Å²) < 4.78 is 0. The maximum absolute atomic E-state index is 12.6. The summed E-state index contributed by atoms with van der Waals surface area (Å²) in [5.41, 5.74) is 3.53. The minimum Gasteiger partial charge on any atom is -0.388 e. The van der Waals surface area contributed by atoms with Crippen molar-refractivity contribution < 1.29 is 14.7 Å². The number of hydrogen-bond acceptors (Lipinski definition) is 5. The zero-order valence-corrected chi connectivity index (χ0v) is 16.6. The molecular weight excluding hydrogens is 364 g/mol. The van der Waals surface area contributed by atoms with E-state index >= 15 is 0 Å². The van der Waals surface area contributed by atoms with Crippen molar-refractivity contribution >= 4 is 29.4 Å². The third-order valence-electron chi connectivity index (χ3n) is 4.98. The lowest BCUT2D eigenvalue weighted by Gasteiger charge is -2.34. The van der Waals surface area contributed by atoms with Gasteiger partial charge >= 0.3 is 0 Å². The molecule has 0 amide bonds. The van der Waals surface area contributed by atoms with Gasteiger partial charge in [-0.2, -0.15) is 0 Å². The molecule has 2 aromatic rings. The molecule has 0 unspecified atom stereocenters. The zero-order chi connectivity index (χ0) is 20.6. The molecule has 1 aliphatic heterocycles. The predicted molar refractivity (Wildman–Crippen MR) is 117 cm³/mol. The van der Waals surface area contributed by atoms with E-state index in [1.165, 1.54) is 6.08 Å². The normalized spacial score (nSPS) is 15.3. The Kier molecular flexibility index (Phi) is 7.11. The summed E-state index contributed by atoms with van der Waals surface area (Å²) in [6.07, 6.45) is 6.38. The van der Waals surface area contributed by atoms with Crippen molar-refractivity contribution in [2.24, 2.45) is 0 Å². The van der Waals surface area contributed by atoms with E-state index in [-0.39, 0.29) is 11.6 Å². The van der Waals surface area contributed by atoms with Crippen molar-refractivity contribution in [3.05, 3.63) is 77.4 Å². The van der Waals surface area contributed by atoms with Crippen molar-refractivity contribution in [3.8, 4) is 0 Å². The highest BCUT2D eigenvalue weighted by molar-refractivity contribution is 6.07. The molecule has 5 heteroatoms. The molecule has 2 aromatic carbocycles. The van der Waals surface area contributed by atoms with E-state index in [2.05, 4.69) is 22.9 Å². The highest BCUT2D eigenvalue weighted by atomic mass is 16.3. The van der Waals surface area contributed by atoms with Crippen LogP contribution in [0.1, 0.15) is 21.5 Å². The molecule has 0 saturated carbocycles. The molecule has 1 fully saturated rings. The van der Waals surface area contributed by atoms with Crippen LogP contribution >= 0.6 is 0 Å². The molecule has 0 atom stereocenters. The molecule has 5 nitrogen and oxygen atoms in total. The molecule has 1 heterocycles. The summed E-state index contributed by atoms with van der Waals surface area (Å²) in [5, 5.41) is 8.73. The van der Waals surface area contributed by atoms with E-state index in [4.69, 9.17) is 5.11 Å². The van der Waals surface area contributed by atoms with Gasteiger partial charge in [0.25, 0.3) is 0 Å². The summed E-state index contributed by atoms with van der Waals surface area (Å²) >= 11 is 0. The largest absolute Gasteiger partial charge is 0.388 e. The molecule has 150 valence electrons. The highest BCUT2D eigenvalue weighted by Gasteiger charge is 2.15. The Hall–Kier alpha value is -3.02. The minimum atomic E-state index is -0.491. The number of carbonyl (C=O) groups is 2. The van der Waals surface area contributed by atoms with Gasteiger partial charge < -0.3 is 14.9 Å². The maximum atomic E-state index is 12.6. The van der Waals surface area contributed by atoms with Gasteiger partial charge in [-0.1, -0.05) is 48.6 Å². The van der Waals surface area contributed by atoms with Gasteiger partial charge in [0, 0.05) is 37.4 Å². The van der Waals surface area contributed by atoms with Gasteiger partial charge in [-0.05, 0) is 42.5 Å². The molecule has 1 aliphatic rings. The van der Waals surface area contributed by atoms with Crippen LogP contribution in [0.4, 0.5) is 5.69 Å². The second-order valence-corrected chi connectivity index (χ2v) is 7.16. The van der Waals surface area contributed by atoms with Gasteiger partial charge in [0.2, 0.25) is 0 Å². The van der Waals surface area contributed by atoms with Crippen molar-refractivity contribution in [3.63, 3.8) is 0 Å². The second kappa shape index (κ2) is 9.96. The number of hydrogen-bond donors (Lipinski definition) is 1. The lowest BCUT2D eigenvalue weighted by Crippen LogP contribution is -2.44. The van der Waals surface area contributed by atoms with E-state index < -0.39 is 6.61 Å². The number of likely N-dealkylation sites (N-methyl/N-ethyl adjacent to an activating group) is 1. The van der Waals surface area contributed by atoms with Crippen LogP contribution in [0.2, 0.25) is 0 Å². The smallest absolute Gasteiger partial charge is 0.185 e. The third kappa shape index (κ3) is 5.98. The van der Waals surface area contributed by atoms with Gasteiger partial charge in [0.05, 0.1) is 0 Å². The predicted octanol–water partition coefficient (Wildman–Crippen LogP) is 2.91. The first-order valence-corrected chi connectivity index (χ1v) is 9.73. The van der Waals surface area contributed by atoms with Crippen LogP contribution in [0.25, 0.3) is 12.2 Å². The van der Waals surface area contributed by atoms with E-state index in [9.17, 15) is 9.59 Å². The van der Waals surface area contributed by atoms with Crippen LogP contribution in [-0.4, -0.2) is 61.4 Å². The third-order valence-corrected chi connectivity index (χ3v) is 4.98. The molecule has 0 spiro atoms. The number of aliphatic hydroxyl groups is 1. The summed E-state index contributed by atoms with van der Waals surface area (Å²) in [6.45, 7) is 3.49. The van der Waals surface area contributed by atoms with Crippen molar-refractivity contribution in [1.29, 1.82) is 0 Å². The summed E-state index contributed by atoms with van der Waals surface area (Å²) in [5.74, 6) is -0.364. The average Bonchev–Trinajstić information content (AvgIpc) is 2.77. The fourth-order valence-corrected chi connectivity index (χ4v) is 3.15. The Labute approximate surface area is 171 Å². The van der Waals surface area contributed by atoms with Gasteiger partial charge in [0.1, 0.15) is 6.61 Å². The average molecular weight is 390 g/mol. The summed E-state index contributed by atoms with van der Waals surface area (Å²) in [6, 6.07) is 15.3. The molecule has 3 rings (SSSR count). The van der Waals surface area contributed by atoms with E-state index in [0.717, 1.165) is 43.0 Å². The van der Waals surface area contributed by atoms with Crippen LogP contribution in [0.5, 0.6) is 0 Å². The van der Waals surface area contributed by atoms with Gasteiger partial charge in [-0.3, -0.25) is 9.59 Å². The maximum Gasteiger partial charge on any atom is 0.185 e. The molecule has 1 saturated heterocycles. The molecule has 0 aliphatic carbocycles. The highest BCUT2D eigenvalue weighted by Crippen LogP contribution is 2.19. The standard InChI is InChI=1S/C24H26N2O3/c1-25-13-15-26(16-14-25)22-4-2-3-21(17-22)24(29)12-10-20-7-5-19(6-8-20)9-11-23(28)18-27/h2-12,17,27H,13-16,18H2,1H3/b11-9+,12-10+. The Morgan fingerprint density at radius 2 is 1.55 bits per heavy atom. The molecular formula is C24H26N2O3. The van der Waals surface area contributed by atoms with Crippen LogP contribution in [-0.2, 0) is 4.79 Å². The van der Waals surface area contributed by atoms with Crippen molar-refractivity contribution in [2.75, 3.05) is 44.7 Å². The number of anilines is 1. The van der Waals surface area contributed by atoms with Gasteiger partial charge in [0.15, 0.2) is 11.6 Å². The van der Waals surface area contributed by atoms with Crippen LogP contribution < -0.4 is 4.90 Å². The molecule has 29 heavy (non-hydrogen) atoms. The van der Waals surface area contributed by atoms with E-state index in [1.54, 1.807) is 18.2 Å². The van der Waals surface area contributed by atoms with E-state index in [0.29, 0.717) is 5.56 Å². The van der Waals surface area contributed by atoms with Crippen LogP contribution in [0.3, 0.4) is 0 Å². The Morgan fingerprint density at radius 1 is 0.931 bits per heavy atom. The SMILES string of the molecule is CN1CCN(c2cccc(C(=O)/C=C/c3ccc(/C=C/C(=O)CO)cc3)c2)CC1. The number of carbonyl (C=O) groups excluding carboxylic acids is 2. The first kappa shape index (κ1) is 20.7. The lowest BCUT2D eigenvalue weighted by atomic mass is 10.1. The zero-order valence-electron chi connectivity index (χ0n) is 16.6. The molecule has 0 aromatic heterocycles. The Morgan fingerprint density at radius 3 is 2.17 bits per heavy atom. The topological polar surface area (TPSA) is 60.9 Å². The van der Waals surface area contributed by atoms with E-state index in [1.807, 2.05) is 42.5 Å². The molecule has 1 N–H and O–H groups in total. The van der Waals surface area contributed by atoms with Crippen molar-refractivity contribution in [2.45, 2.75) is 0 Å². The number of piperazine rings is 1. The first-order chi connectivity index (χ1) is 14.0. The van der Waals surface area contributed by atoms with Crippen LogP contribution in [0, 0.1) is 0 Å². The molecule has 0 bridgehead atoms. The number of rotatable bonds is 7. The van der Waals surface area contributed by atoms with Gasteiger partial charge in [-0.15, -0.1) is 0 Å². The molecule has 0 radical (unpaired) electrons. The number of benzene rings is 2. The number of ketones is 2. The van der Waals surface area contributed by atoms with Crippen LogP contribution in [0.15, 0.2) is 60.7 Å². The second-order valence-electron chi connectivity index (χ2n) is 7.16. The Balaban J connectivity index is 1.64. The van der Waals surface area contributed by atoms with Gasteiger partial charge in [-0.25, -0.2) is 0 Å². The van der Waals surface area contributed by atoms with Crippen molar-refractivity contribution in [1.82, 2.24) is 4.90 Å². The minimum absolute atomic E-state index is 0.0292.